The Bertz CT molecular complexity index is 1500. The van der Waals surface area contributed by atoms with Crippen LogP contribution in [0, 0.1) is 11.7 Å². The highest BCUT2D eigenvalue weighted by molar-refractivity contribution is 7.92. The van der Waals surface area contributed by atoms with Crippen molar-refractivity contribution in [3.05, 3.63) is 89.7 Å². The minimum atomic E-state index is -3.93. The number of nitrogens with one attached hydrogen (secondary N) is 1. The van der Waals surface area contributed by atoms with Gasteiger partial charge in [-0.1, -0.05) is 56.3 Å². The van der Waals surface area contributed by atoms with Crippen LogP contribution in [0.1, 0.15) is 31.9 Å². The lowest BCUT2D eigenvalue weighted by molar-refractivity contribution is -0.140. The first-order chi connectivity index (χ1) is 20.6. The molecule has 43 heavy (non-hydrogen) atoms. The van der Waals surface area contributed by atoms with Gasteiger partial charge in [0, 0.05) is 25.6 Å². The lowest BCUT2D eigenvalue weighted by atomic mass is 10.0. The van der Waals surface area contributed by atoms with Gasteiger partial charge in [-0.3, -0.25) is 13.9 Å². The number of hydrogen-bond acceptors (Lipinski definition) is 6. The van der Waals surface area contributed by atoms with Crippen molar-refractivity contribution in [2.75, 3.05) is 36.4 Å². The predicted molar refractivity (Wildman–Crippen MR) is 163 cm³/mol. The van der Waals surface area contributed by atoms with E-state index in [0.29, 0.717) is 36.8 Å². The number of benzene rings is 3. The SMILES string of the molecule is CCS(=O)(=O)N(CC(=O)N(Cc1ccc(F)cc1)[C@H](Cc1ccccc1)C(=O)NCC(C)C)c1ccc2c(c1)OCCO2. The minimum Gasteiger partial charge on any atom is -0.486 e. The lowest BCUT2D eigenvalue weighted by Crippen LogP contribution is -2.54. The number of ether oxygens (including phenoxy) is 2. The lowest BCUT2D eigenvalue weighted by Gasteiger charge is -2.34. The average molecular weight is 612 g/mol. The molecule has 230 valence electrons. The molecule has 2 amide bonds. The summed E-state index contributed by atoms with van der Waals surface area (Å²) in [4.78, 5) is 29.3. The fourth-order valence-corrected chi connectivity index (χ4v) is 5.72. The van der Waals surface area contributed by atoms with Crippen molar-refractivity contribution in [3.8, 4) is 11.5 Å². The van der Waals surface area contributed by atoms with E-state index in [1.807, 2.05) is 44.2 Å². The number of nitrogens with zero attached hydrogens (tertiary/aromatic N) is 2. The van der Waals surface area contributed by atoms with Gasteiger partial charge in [-0.15, -0.1) is 0 Å². The fraction of sp³-hybridized carbons (Fsp3) is 0.375. The third-order valence-corrected chi connectivity index (χ3v) is 8.76. The van der Waals surface area contributed by atoms with Crippen molar-refractivity contribution >= 4 is 27.5 Å². The Morgan fingerprint density at radius 2 is 1.60 bits per heavy atom. The van der Waals surface area contributed by atoms with Crippen LogP contribution in [0.25, 0.3) is 0 Å². The van der Waals surface area contributed by atoms with Gasteiger partial charge in [0.25, 0.3) is 0 Å². The van der Waals surface area contributed by atoms with Gasteiger partial charge in [0.1, 0.15) is 31.6 Å². The number of amides is 2. The first-order valence-corrected chi connectivity index (χ1v) is 15.9. The van der Waals surface area contributed by atoms with E-state index in [0.717, 1.165) is 9.87 Å². The highest BCUT2D eigenvalue weighted by Crippen LogP contribution is 2.35. The summed E-state index contributed by atoms with van der Waals surface area (Å²) in [6, 6.07) is 18.7. The van der Waals surface area contributed by atoms with Crippen LogP contribution in [-0.4, -0.2) is 63.2 Å². The Morgan fingerprint density at radius 3 is 2.26 bits per heavy atom. The van der Waals surface area contributed by atoms with E-state index >= 15 is 0 Å². The molecule has 1 aliphatic heterocycles. The summed E-state index contributed by atoms with van der Waals surface area (Å²) in [5.74, 6) is -0.605. The number of fused-ring (bicyclic) bond motifs is 1. The van der Waals surface area contributed by atoms with E-state index in [1.54, 1.807) is 24.3 Å². The second-order valence-electron chi connectivity index (χ2n) is 10.7. The van der Waals surface area contributed by atoms with E-state index < -0.39 is 34.3 Å². The Hall–Kier alpha value is -4.12. The molecule has 1 heterocycles. The molecular weight excluding hydrogens is 573 g/mol. The number of carbonyl (C=O) groups is 2. The van der Waals surface area contributed by atoms with Gasteiger partial charge in [-0.05, 0) is 48.2 Å². The molecule has 1 aliphatic rings. The number of carbonyl (C=O) groups excluding carboxylic acids is 2. The predicted octanol–water partition coefficient (Wildman–Crippen LogP) is 4.17. The van der Waals surface area contributed by atoms with Crippen molar-refractivity contribution in [1.29, 1.82) is 0 Å². The Morgan fingerprint density at radius 1 is 0.930 bits per heavy atom. The highest BCUT2D eigenvalue weighted by Gasteiger charge is 2.34. The van der Waals surface area contributed by atoms with Crippen molar-refractivity contribution < 1.29 is 31.9 Å². The number of anilines is 1. The second kappa shape index (κ2) is 14.4. The molecule has 3 aromatic rings. The molecule has 9 nitrogen and oxygen atoms in total. The van der Waals surface area contributed by atoms with Crippen LogP contribution in [-0.2, 0) is 32.6 Å². The zero-order chi connectivity index (χ0) is 31.0. The van der Waals surface area contributed by atoms with Gasteiger partial charge < -0.3 is 19.7 Å². The molecule has 0 saturated carbocycles. The smallest absolute Gasteiger partial charge is 0.244 e. The molecule has 1 atom stereocenters. The first-order valence-electron chi connectivity index (χ1n) is 14.3. The summed E-state index contributed by atoms with van der Waals surface area (Å²) in [7, 11) is -3.93. The van der Waals surface area contributed by atoms with E-state index in [1.165, 1.54) is 30.0 Å². The molecule has 0 radical (unpaired) electrons. The van der Waals surface area contributed by atoms with Crippen LogP contribution in [0.15, 0.2) is 72.8 Å². The maximum Gasteiger partial charge on any atom is 0.244 e. The molecule has 0 aliphatic carbocycles. The van der Waals surface area contributed by atoms with Crippen LogP contribution < -0.4 is 19.1 Å². The Kier molecular flexibility index (Phi) is 10.6. The van der Waals surface area contributed by atoms with Gasteiger partial charge in [0.2, 0.25) is 21.8 Å². The van der Waals surface area contributed by atoms with Gasteiger partial charge in [-0.25, -0.2) is 12.8 Å². The third-order valence-electron chi connectivity index (χ3n) is 7.02. The number of rotatable bonds is 13. The van der Waals surface area contributed by atoms with Crippen LogP contribution in [0.4, 0.5) is 10.1 Å². The molecule has 3 aromatic carbocycles. The Labute approximate surface area is 252 Å². The minimum absolute atomic E-state index is 0.0349. The van der Waals surface area contributed by atoms with E-state index in [4.69, 9.17) is 9.47 Å². The Balaban J connectivity index is 1.73. The van der Waals surface area contributed by atoms with Crippen LogP contribution in [0.5, 0.6) is 11.5 Å². The maximum absolute atomic E-state index is 14.2. The molecule has 4 rings (SSSR count). The summed E-state index contributed by atoms with van der Waals surface area (Å²) >= 11 is 0. The first kappa shape index (κ1) is 31.8. The molecule has 0 spiro atoms. The molecule has 11 heteroatoms. The van der Waals surface area contributed by atoms with Gasteiger partial charge in [0.05, 0.1) is 11.4 Å². The quantitative estimate of drug-likeness (QED) is 0.311. The maximum atomic E-state index is 14.2. The van der Waals surface area contributed by atoms with Gasteiger partial charge in [0.15, 0.2) is 11.5 Å². The molecular formula is C32H38FN3O6S. The largest absolute Gasteiger partial charge is 0.486 e. The summed E-state index contributed by atoms with van der Waals surface area (Å²) < 4.78 is 52.7. The number of sulfonamides is 1. The van der Waals surface area contributed by atoms with Crippen molar-refractivity contribution in [2.24, 2.45) is 5.92 Å². The summed E-state index contributed by atoms with van der Waals surface area (Å²) in [6.45, 7) is 5.93. The molecule has 1 N–H and O–H groups in total. The van der Waals surface area contributed by atoms with Crippen LogP contribution >= 0.6 is 0 Å². The average Bonchev–Trinajstić information content (AvgIpc) is 3.01. The van der Waals surface area contributed by atoms with E-state index in [9.17, 15) is 22.4 Å². The van der Waals surface area contributed by atoms with Crippen LogP contribution in [0.2, 0.25) is 0 Å². The van der Waals surface area contributed by atoms with Crippen molar-refractivity contribution in [3.63, 3.8) is 0 Å². The zero-order valence-corrected chi connectivity index (χ0v) is 25.5. The standard InChI is InChI=1S/C32H38FN3O6S/c1-4-43(39,40)36(27-14-15-29-30(19-27)42-17-16-41-29)22-31(37)35(21-25-10-12-26(33)13-11-25)28(32(38)34-20-23(2)3)18-24-8-6-5-7-9-24/h5-15,19,23,28H,4,16-18,20-22H2,1-3H3,(H,34,38)/t28-/m1/s1. The zero-order valence-electron chi connectivity index (χ0n) is 24.7. The highest BCUT2D eigenvalue weighted by atomic mass is 32.2. The normalized spacial score (nSPS) is 13.3. The topological polar surface area (TPSA) is 105 Å². The third kappa shape index (κ3) is 8.47. The second-order valence-corrected chi connectivity index (χ2v) is 12.9. The molecule has 0 aromatic heterocycles. The number of halogens is 1. The van der Waals surface area contributed by atoms with Crippen molar-refractivity contribution in [1.82, 2.24) is 10.2 Å². The van der Waals surface area contributed by atoms with E-state index in [2.05, 4.69) is 5.32 Å². The molecule has 0 saturated heterocycles. The monoisotopic (exact) mass is 611 g/mol. The summed E-state index contributed by atoms with van der Waals surface area (Å²) in [6.07, 6.45) is 0.197. The summed E-state index contributed by atoms with van der Waals surface area (Å²) in [5.41, 5.74) is 1.66. The summed E-state index contributed by atoms with van der Waals surface area (Å²) in [5, 5.41) is 2.94. The van der Waals surface area contributed by atoms with Crippen molar-refractivity contribution in [2.45, 2.75) is 39.8 Å². The van der Waals surface area contributed by atoms with Gasteiger partial charge >= 0.3 is 0 Å². The molecule has 0 fully saturated rings. The number of hydrogen-bond donors (Lipinski definition) is 1. The molecule has 0 unspecified atom stereocenters. The fourth-order valence-electron chi connectivity index (χ4n) is 4.67. The van der Waals surface area contributed by atoms with Crippen LogP contribution in [0.3, 0.4) is 0 Å². The van der Waals surface area contributed by atoms with E-state index in [-0.39, 0.29) is 36.2 Å². The molecule has 0 bridgehead atoms. The van der Waals surface area contributed by atoms with Gasteiger partial charge in [-0.2, -0.15) is 0 Å².